The van der Waals surface area contributed by atoms with Gasteiger partial charge in [-0.3, -0.25) is 10.0 Å². The Labute approximate surface area is 47.2 Å². The molecule has 0 aromatic carbocycles. The molecule has 0 atom stereocenters. The fourth-order valence-corrected chi connectivity index (χ4v) is 0.566. The lowest BCUT2D eigenvalue weighted by Crippen LogP contribution is -2.29. The van der Waals surface area contributed by atoms with E-state index in [0.717, 1.165) is 0 Å². The van der Waals surface area contributed by atoms with Gasteiger partial charge in [0.2, 0.25) is 5.91 Å². The second-order valence-corrected chi connectivity index (χ2v) is 1.65. The highest BCUT2D eigenvalue weighted by atomic mass is 16.5. The van der Waals surface area contributed by atoms with E-state index in [2.05, 4.69) is 0 Å². The monoisotopic (exact) mass is 113 g/mol. The van der Waals surface area contributed by atoms with Crippen LogP contribution in [0.1, 0.15) is 6.42 Å². The number of rotatable bonds is 0. The van der Waals surface area contributed by atoms with Crippen LogP contribution in [0.4, 0.5) is 0 Å². The van der Waals surface area contributed by atoms with Gasteiger partial charge in [0.1, 0.15) is 0 Å². The summed E-state index contributed by atoms with van der Waals surface area (Å²) in [5.74, 6) is -0.229. The van der Waals surface area contributed by atoms with Crippen LogP contribution in [0.5, 0.6) is 0 Å². The van der Waals surface area contributed by atoms with E-state index >= 15 is 0 Å². The minimum absolute atomic E-state index is 0.229. The van der Waals surface area contributed by atoms with Crippen molar-refractivity contribution in [2.45, 2.75) is 6.42 Å². The maximum absolute atomic E-state index is 10.4. The minimum atomic E-state index is -0.229. The first kappa shape index (κ1) is 5.31. The van der Waals surface area contributed by atoms with Gasteiger partial charge in [-0.25, -0.2) is 5.06 Å². The zero-order chi connectivity index (χ0) is 5.98. The zero-order valence-corrected chi connectivity index (χ0v) is 4.37. The van der Waals surface area contributed by atoms with Crippen LogP contribution in [0.15, 0.2) is 12.2 Å². The normalized spacial score (nSPS) is 19.6. The van der Waals surface area contributed by atoms with Crippen LogP contribution in [0.3, 0.4) is 0 Å². The van der Waals surface area contributed by atoms with Crippen LogP contribution >= 0.6 is 0 Å². The Morgan fingerprint density at radius 1 is 1.62 bits per heavy atom. The van der Waals surface area contributed by atoms with E-state index in [1.807, 2.05) is 0 Å². The number of hydrogen-bond donors (Lipinski definition) is 1. The standard InChI is InChI=1S/C5H7NO2/c7-5-3-1-2-4-6(5)8/h1-2,8H,3-4H2. The minimum Gasteiger partial charge on any atom is -0.286 e. The summed E-state index contributed by atoms with van der Waals surface area (Å²) in [6, 6.07) is 0. The Morgan fingerprint density at radius 3 is 2.75 bits per heavy atom. The van der Waals surface area contributed by atoms with E-state index in [4.69, 9.17) is 5.21 Å². The summed E-state index contributed by atoms with van der Waals surface area (Å²) >= 11 is 0. The summed E-state index contributed by atoms with van der Waals surface area (Å²) < 4.78 is 0. The van der Waals surface area contributed by atoms with Crippen LogP contribution in [0.2, 0.25) is 0 Å². The summed E-state index contributed by atoms with van der Waals surface area (Å²) in [5, 5.41) is 9.32. The summed E-state index contributed by atoms with van der Waals surface area (Å²) in [6.07, 6.45) is 3.83. The van der Waals surface area contributed by atoms with Crippen molar-refractivity contribution in [2.24, 2.45) is 0 Å². The van der Waals surface area contributed by atoms with Crippen molar-refractivity contribution >= 4 is 5.91 Å². The predicted octanol–water partition coefficient (Wildman–Crippen LogP) is 0.164. The third-order valence-corrected chi connectivity index (χ3v) is 1.03. The van der Waals surface area contributed by atoms with E-state index < -0.39 is 0 Å². The number of carbonyl (C=O) groups is 1. The molecule has 1 heterocycles. The number of hydroxylamine groups is 2. The van der Waals surface area contributed by atoms with Gasteiger partial charge in [0, 0.05) is 6.42 Å². The molecule has 8 heavy (non-hydrogen) atoms. The molecule has 44 valence electrons. The largest absolute Gasteiger partial charge is 0.286 e. The van der Waals surface area contributed by atoms with Crippen molar-refractivity contribution in [3.8, 4) is 0 Å². The van der Waals surface area contributed by atoms with Crippen molar-refractivity contribution in [1.82, 2.24) is 5.06 Å². The highest BCUT2D eigenvalue weighted by molar-refractivity contribution is 5.77. The molecule has 0 aliphatic carbocycles. The summed E-state index contributed by atoms with van der Waals surface area (Å²) in [5.41, 5.74) is 0. The van der Waals surface area contributed by atoms with E-state index in [-0.39, 0.29) is 5.91 Å². The first-order valence-corrected chi connectivity index (χ1v) is 2.45. The molecule has 1 aliphatic rings. The quantitative estimate of drug-likeness (QED) is 0.359. The molecule has 3 heteroatoms. The molecule has 0 bridgehead atoms. The van der Waals surface area contributed by atoms with Crippen molar-refractivity contribution in [3.05, 3.63) is 12.2 Å². The highest BCUT2D eigenvalue weighted by Crippen LogP contribution is 1.97. The van der Waals surface area contributed by atoms with Gasteiger partial charge in [0.15, 0.2) is 0 Å². The van der Waals surface area contributed by atoms with Gasteiger partial charge in [0.25, 0.3) is 0 Å². The molecular weight excluding hydrogens is 106 g/mol. The Kier molecular flexibility index (Phi) is 1.30. The summed E-state index contributed by atoms with van der Waals surface area (Å²) in [7, 11) is 0. The number of hydrogen-bond acceptors (Lipinski definition) is 2. The van der Waals surface area contributed by atoms with Gasteiger partial charge >= 0.3 is 0 Å². The second kappa shape index (κ2) is 1.96. The lowest BCUT2D eigenvalue weighted by molar-refractivity contribution is -0.162. The van der Waals surface area contributed by atoms with E-state index in [1.165, 1.54) is 0 Å². The van der Waals surface area contributed by atoms with Crippen LogP contribution in [0.25, 0.3) is 0 Å². The van der Waals surface area contributed by atoms with Crippen molar-refractivity contribution < 1.29 is 10.0 Å². The summed E-state index contributed by atoms with van der Waals surface area (Å²) in [6.45, 7) is 0.332. The fraction of sp³-hybridized carbons (Fsp3) is 0.400. The van der Waals surface area contributed by atoms with Crippen LogP contribution in [0, 0.1) is 0 Å². The van der Waals surface area contributed by atoms with E-state index in [9.17, 15) is 4.79 Å². The maximum Gasteiger partial charge on any atom is 0.250 e. The maximum atomic E-state index is 10.4. The Bertz CT molecular complexity index is 130. The molecule has 1 amide bonds. The SMILES string of the molecule is O=C1CC=CCN1O. The first-order valence-electron chi connectivity index (χ1n) is 2.45. The molecular formula is C5H7NO2. The van der Waals surface area contributed by atoms with Crippen LogP contribution < -0.4 is 0 Å². The third-order valence-electron chi connectivity index (χ3n) is 1.03. The Balaban J connectivity index is 2.57. The molecule has 0 saturated heterocycles. The molecule has 1 rings (SSSR count). The molecule has 0 unspecified atom stereocenters. The second-order valence-electron chi connectivity index (χ2n) is 1.65. The molecule has 0 radical (unpaired) electrons. The van der Waals surface area contributed by atoms with Gasteiger partial charge in [0.05, 0.1) is 6.54 Å². The molecule has 0 aromatic heterocycles. The van der Waals surface area contributed by atoms with E-state index in [1.54, 1.807) is 12.2 Å². The highest BCUT2D eigenvalue weighted by Gasteiger charge is 2.09. The van der Waals surface area contributed by atoms with Crippen LogP contribution in [-0.4, -0.2) is 22.7 Å². The molecule has 1 aliphatic heterocycles. The lowest BCUT2D eigenvalue weighted by atomic mass is 10.3. The zero-order valence-electron chi connectivity index (χ0n) is 4.37. The summed E-state index contributed by atoms with van der Waals surface area (Å²) in [4.78, 5) is 10.4. The Hall–Kier alpha value is -0.830. The van der Waals surface area contributed by atoms with Gasteiger partial charge in [-0.1, -0.05) is 12.2 Å². The van der Waals surface area contributed by atoms with Crippen LogP contribution in [-0.2, 0) is 4.79 Å². The number of carbonyl (C=O) groups excluding carboxylic acids is 1. The van der Waals surface area contributed by atoms with Gasteiger partial charge < -0.3 is 0 Å². The first-order chi connectivity index (χ1) is 3.80. The molecule has 0 fully saturated rings. The molecule has 0 aromatic rings. The van der Waals surface area contributed by atoms with Crippen molar-refractivity contribution in [2.75, 3.05) is 6.54 Å². The smallest absolute Gasteiger partial charge is 0.250 e. The molecule has 0 spiro atoms. The van der Waals surface area contributed by atoms with Crippen molar-refractivity contribution in [1.29, 1.82) is 0 Å². The average Bonchev–Trinajstić information content (AvgIpc) is 1.77. The molecule has 0 saturated carbocycles. The number of nitrogens with zero attached hydrogens (tertiary/aromatic N) is 1. The van der Waals surface area contributed by atoms with E-state index in [0.29, 0.717) is 18.0 Å². The third kappa shape index (κ3) is 0.869. The topological polar surface area (TPSA) is 40.5 Å². The lowest BCUT2D eigenvalue weighted by Gasteiger charge is -2.14. The van der Waals surface area contributed by atoms with Gasteiger partial charge in [-0.15, -0.1) is 0 Å². The average molecular weight is 113 g/mol. The number of amides is 1. The predicted molar refractivity (Wildman–Crippen MR) is 27.3 cm³/mol. The molecule has 1 N–H and O–H groups in total. The van der Waals surface area contributed by atoms with Gasteiger partial charge in [-0.05, 0) is 0 Å². The van der Waals surface area contributed by atoms with Crippen molar-refractivity contribution in [3.63, 3.8) is 0 Å². The fourth-order valence-electron chi connectivity index (χ4n) is 0.566. The van der Waals surface area contributed by atoms with Gasteiger partial charge in [-0.2, -0.15) is 0 Å². The molecule has 3 nitrogen and oxygen atoms in total. The Morgan fingerprint density at radius 2 is 2.38 bits per heavy atom.